The molecular weight excluding hydrogens is 712 g/mol. The van der Waals surface area contributed by atoms with E-state index < -0.39 is 102 Å². The van der Waals surface area contributed by atoms with Gasteiger partial charge in [0.2, 0.25) is 47.3 Å². The van der Waals surface area contributed by atoms with Crippen molar-refractivity contribution in [3.8, 4) is 0 Å². The Morgan fingerprint density at radius 3 is 1.72 bits per heavy atom. The highest BCUT2D eigenvalue weighted by Gasteiger charge is 2.30. The van der Waals surface area contributed by atoms with Gasteiger partial charge in [0.1, 0.15) is 30.2 Å². The molecule has 22 nitrogen and oxygen atoms in total. The second kappa shape index (κ2) is 25.4. The van der Waals surface area contributed by atoms with E-state index in [9.17, 15) is 48.3 Å². The fraction of sp³-hybridized carbons (Fsp3) is 0.688. The molecule has 0 aliphatic heterocycles. The Morgan fingerprint density at radius 1 is 0.667 bits per heavy atom. The molecule has 0 saturated carbocycles. The van der Waals surface area contributed by atoms with Crippen molar-refractivity contribution in [2.24, 2.45) is 39.8 Å². The van der Waals surface area contributed by atoms with Gasteiger partial charge in [-0.05, 0) is 44.4 Å². The fourth-order valence-corrected chi connectivity index (χ4v) is 4.70. The van der Waals surface area contributed by atoms with E-state index in [0.29, 0.717) is 6.42 Å². The minimum atomic E-state index is -1.43. The topological polar surface area (TPSA) is 375 Å². The number of carboxylic acid groups (broad SMARTS) is 1. The first-order chi connectivity index (χ1) is 25.2. The number of primary amides is 1. The standard InChI is InChI=1S/C32H58N12O10/c1-6-17(4)26(31(53)54)44-25(48)15-39-28(50)19(8-7-11-37-32(35)36)43-29(51)20(9-10-22(34)45)41-24(47)14-38-27(49)18(5)40-30(52)21(12-16(2)3)42-23(46)13-33/h16-21,26H,6-15,33H2,1-5H3,(H2,34,45)(H,38,49)(H,39,50)(H,40,52)(H,41,47)(H,42,46)(H,43,51)(H,44,48)(H,53,54)(H4,35,36,37)/t17-,18-,19-,20-,21-,26-/m0/s1. The number of carbonyl (C=O) groups excluding carboxylic acids is 8. The third kappa shape index (κ3) is 20.5. The van der Waals surface area contributed by atoms with Crippen LogP contribution in [0.4, 0.5) is 0 Å². The molecule has 0 aliphatic rings. The lowest BCUT2D eigenvalue weighted by molar-refractivity contribution is -0.143. The van der Waals surface area contributed by atoms with Crippen molar-refractivity contribution in [1.82, 2.24) is 37.2 Å². The molecule has 6 atom stereocenters. The van der Waals surface area contributed by atoms with E-state index >= 15 is 0 Å². The number of amides is 8. The summed E-state index contributed by atoms with van der Waals surface area (Å²) in [5.74, 6) is -8.05. The number of carboxylic acids is 1. The highest BCUT2D eigenvalue weighted by molar-refractivity contribution is 5.96. The van der Waals surface area contributed by atoms with E-state index in [2.05, 4.69) is 42.2 Å². The van der Waals surface area contributed by atoms with Crippen LogP contribution in [0.2, 0.25) is 0 Å². The number of nitrogens with zero attached hydrogens (tertiary/aromatic N) is 1. The Labute approximate surface area is 313 Å². The number of carbonyl (C=O) groups is 9. The van der Waals surface area contributed by atoms with E-state index in [1.807, 2.05) is 13.8 Å². The second-order valence-electron chi connectivity index (χ2n) is 13.0. The molecule has 0 saturated heterocycles. The Balaban J connectivity index is 5.68. The van der Waals surface area contributed by atoms with Gasteiger partial charge in [-0.1, -0.05) is 34.1 Å². The number of hydrogen-bond acceptors (Lipinski definition) is 11. The minimum absolute atomic E-state index is 0.0140. The molecular formula is C32H58N12O10. The van der Waals surface area contributed by atoms with E-state index in [1.54, 1.807) is 13.8 Å². The normalized spacial score (nSPS) is 14.1. The maximum absolute atomic E-state index is 13.4. The molecule has 0 aromatic rings. The first-order valence-electron chi connectivity index (χ1n) is 17.5. The van der Waals surface area contributed by atoms with E-state index in [-0.39, 0.29) is 57.1 Å². The van der Waals surface area contributed by atoms with Crippen LogP contribution in [0, 0.1) is 11.8 Å². The Morgan fingerprint density at radius 2 is 1.20 bits per heavy atom. The van der Waals surface area contributed by atoms with Crippen LogP contribution in [0.3, 0.4) is 0 Å². The molecule has 0 aromatic carbocycles. The Hall–Kier alpha value is -5.54. The number of hydrogen-bond donors (Lipinski definition) is 12. The lowest BCUT2D eigenvalue weighted by atomic mass is 9.99. The predicted molar refractivity (Wildman–Crippen MR) is 195 cm³/mol. The maximum Gasteiger partial charge on any atom is 0.326 e. The zero-order valence-corrected chi connectivity index (χ0v) is 31.5. The molecule has 0 rings (SSSR count). The molecule has 0 aliphatic carbocycles. The summed E-state index contributed by atoms with van der Waals surface area (Å²) in [6.45, 7) is 6.85. The summed E-state index contributed by atoms with van der Waals surface area (Å²) >= 11 is 0. The summed E-state index contributed by atoms with van der Waals surface area (Å²) in [5.41, 5.74) is 21.3. The van der Waals surface area contributed by atoms with Gasteiger partial charge in [-0.15, -0.1) is 0 Å². The number of aliphatic imine (C=N–C) groups is 1. The van der Waals surface area contributed by atoms with Gasteiger partial charge in [0, 0.05) is 13.0 Å². The zero-order chi connectivity index (χ0) is 41.5. The summed E-state index contributed by atoms with van der Waals surface area (Å²) in [6.07, 6.45) is 0.202. The van der Waals surface area contributed by atoms with Gasteiger partial charge in [0.15, 0.2) is 5.96 Å². The van der Waals surface area contributed by atoms with Crippen LogP contribution in [-0.4, -0.2) is 121 Å². The first kappa shape index (κ1) is 48.5. The molecule has 22 heteroatoms. The van der Waals surface area contributed by atoms with Gasteiger partial charge in [-0.2, -0.15) is 0 Å². The number of guanidine groups is 1. The summed E-state index contributed by atoms with van der Waals surface area (Å²) in [7, 11) is 0. The SMILES string of the molecule is CC[C@H](C)[C@H](NC(=O)CNC(=O)[C@H](CCCN=C(N)N)NC(=O)[C@H](CCC(N)=O)NC(=O)CNC(=O)[C@H](C)NC(=O)[C@H](CC(C)C)NC(=O)CN)C(=O)O. The largest absolute Gasteiger partial charge is 0.480 e. The Kier molecular flexibility index (Phi) is 22.8. The van der Waals surface area contributed by atoms with Crippen molar-refractivity contribution in [3.63, 3.8) is 0 Å². The highest BCUT2D eigenvalue weighted by Crippen LogP contribution is 2.08. The van der Waals surface area contributed by atoms with Crippen LogP contribution in [-0.2, 0) is 43.2 Å². The lowest BCUT2D eigenvalue weighted by Crippen LogP contribution is -2.56. The minimum Gasteiger partial charge on any atom is -0.480 e. The molecule has 0 aromatic heterocycles. The molecule has 0 radical (unpaired) electrons. The van der Waals surface area contributed by atoms with Gasteiger partial charge in [0.25, 0.3) is 0 Å². The van der Waals surface area contributed by atoms with Gasteiger partial charge < -0.3 is 65.3 Å². The zero-order valence-electron chi connectivity index (χ0n) is 31.5. The van der Waals surface area contributed by atoms with Gasteiger partial charge in [-0.25, -0.2) is 4.79 Å². The Bertz CT molecular complexity index is 1360. The molecule has 0 unspecified atom stereocenters. The molecule has 0 bridgehead atoms. The number of rotatable bonds is 26. The molecule has 0 fully saturated rings. The highest BCUT2D eigenvalue weighted by atomic mass is 16.4. The second-order valence-corrected chi connectivity index (χ2v) is 13.0. The van der Waals surface area contributed by atoms with Crippen molar-refractivity contribution < 1.29 is 48.3 Å². The van der Waals surface area contributed by atoms with Crippen molar-refractivity contribution in [1.29, 1.82) is 0 Å². The molecule has 54 heavy (non-hydrogen) atoms. The maximum atomic E-state index is 13.4. The van der Waals surface area contributed by atoms with E-state index in [1.165, 1.54) is 6.92 Å². The van der Waals surface area contributed by atoms with Gasteiger partial charge >= 0.3 is 5.97 Å². The van der Waals surface area contributed by atoms with Crippen LogP contribution in [0.1, 0.15) is 73.1 Å². The van der Waals surface area contributed by atoms with Crippen LogP contribution in [0.15, 0.2) is 4.99 Å². The summed E-state index contributed by atoms with van der Waals surface area (Å²) in [4.78, 5) is 116. The third-order valence-corrected chi connectivity index (χ3v) is 7.85. The van der Waals surface area contributed by atoms with Crippen LogP contribution >= 0.6 is 0 Å². The van der Waals surface area contributed by atoms with Crippen molar-refractivity contribution in [3.05, 3.63) is 0 Å². The van der Waals surface area contributed by atoms with E-state index in [4.69, 9.17) is 22.9 Å². The van der Waals surface area contributed by atoms with Gasteiger partial charge in [0.05, 0.1) is 19.6 Å². The summed E-state index contributed by atoms with van der Waals surface area (Å²) in [6, 6.07) is -6.04. The van der Waals surface area contributed by atoms with E-state index in [0.717, 1.165) is 0 Å². The van der Waals surface area contributed by atoms with Gasteiger partial charge in [-0.3, -0.25) is 43.3 Å². The summed E-state index contributed by atoms with van der Waals surface area (Å²) < 4.78 is 0. The molecule has 0 spiro atoms. The quantitative estimate of drug-likeness (QED) is 0.0223. The number of aliphatic carboxylic acids is 1. The molecule has 0 heterocycles. The van der Waals surface area contributed by atoms with Crippen molar-refractivity contribution in [2.45, 2.75) is 103 Å². The average Bonchev–Trinajstić information content (AvgIpc) is 3.09. The predicted octanol–water partition coefficient (Wildman–Crippen LogP) is -4.88. The molecule has 8 amide bonds. The first-order valence-corrected chi connectivity index (χ1v) is 17.5. The smallest absolute Gasteiger partial charge is 0.326 e. The summed E-state index contributed by atoms with van der Waals surface area (Å²) in [5, 5.41) is 26.2. The average molecular weight is 771 g/mol. The molecule has 306 valence electrons. The van der Waals surface area contributed by atoms with Crippen molar-refractivity contribution >= 4 is 59.2 Å². The third-order valence-electron chi connectivity index (χ3n) is 7.85. The van der Waals surface area contributed by atoms with Crippen LogP contribution in [0.5, 0.6) is 0 Å². The van der Waals surface area contributed by atoms with Crippen LogP contribution < -0.4 is 60.2 Å². The lowest BCUT2D eigenvalue weighted by Gasteiger charge is -2.24. The molecule has 16 N–H and O–H groups in total. The van der Waals surface area contributed by atoms with Crippen LogP contribution in [0.25, 0.3) is 0 Å². The monoisotopic (exact) mass is 770 g/mol. The number of nitrogens with two attached hydrogens (primary N) is 4. The van der Waals surface area contributed by atoms with Crippen molar-refractivity contribution in [2.75, 3.05) is 26.2 Å². The number of nitrogens with one attached hydrogen (secondary N) is 7. The fourth-order valence-electron chi connectivity index (χ4n) is 4.70.